The predicted molar refractivity (Wildman–Crippen MR) is 90.8 cm³/mol. The zero-order valence-electron chi connectivity index (χ0n) is 12.8. The minimum Gasteiger partial charge on any atom is -0.491 e. The molecule has 2 heterocycles. The van der Waals surface area contributed by atoms with Crippen LogP contribution in [0.3, 0.4) is 0 Å². The first-order chi connectivity index (χ1) is 11.2. The molecular formula is C16H16FN3O2S. The van der Waals surface area contributed by atoms with E-state index in [4.69, 9.17) is 9.15 Å². The van der Waals surface area contributed by atoms with E-state index in [-0.39, 0.29) is 6.61 Å². The number of thiazole rings is 1. The molecule has 5 nitrogen and oxygen atoms in total. The van der Waals surface area contributed by atoms with Crippen LogP contribution in [0, 0.1) is 0 Å². The van der Waals surface area contributed by atoms with Gasteiger partial charge in [0.25, 0.3) is 0 Å². The van der Waals surface area contributed by atoms with E-state index in [0.717, 1.165) is 15.5 Å². The summed E-state index contributed by atoms with van der Waals surface area (Å²) in [6, 6.07) is 5.26. The van der Waals surface area contributed by atoms with Gasteiger partial charge in [-0.15, -0.1) is 0 Å². The van der Waals surface area contributed by atoms with Gasteiger partial charge in [-0.25, -0.2) is 14.4 Å². The van der Waals surface area contributed by atoms with E-state index < -0.39 is 6.67 Å². The van der Waals surface area contributed by atoms with Gasteiger partial charge in [0.2, 0.25) is 5.89 Å². The van der Waals surface area contributed by atoms with Crippen LogP contribution < -0.4 is 9.64 Å². The van der Waals surface area contributed by atoms with Crippen molar-refractivity contribution in [2.45, 2.75) is 0 Å². The number of hydrogen-bond donors (Lipinski definition) is 0. The van der Waals surface area contributed by atoms with Crippen molar-refractivity contribution in [2.75, 3.05) is 32.3 Å². The Morgan fingerprint density at radius 2 is 2.22 bits per heavy atom. The molecule has 0 radical (unpaired) electrons. The maximum Gasteiger partial charge on any atom is 0.220 e. The van der Waals surface area contributed by atoms with E-state index in [2.05, 4.69) is 9.97 Å². The molecule has 120 valence electrons. The van der Waals surface area contributed by atoms with Gasteiger partial charge in [0.05, 0.1) is 0 Å². The van der Waals surface area contributed by atoms with Crippen LogP contribution in [0.5, 0.6) is 5.75 Å². The van der Waals surface area contributed by atoms with Crippen LogP contribution in [0.2, 0.25) is 0 Å². The highest BCUT2D eigenvalue weighted by Gasteiger charge is 2.06. The molecule has 23 heavy (non-hydrogen) atoms. The maximum absolute atomic E-state index is 12.1. The average Bonchev–Trinajstić information content (AvgIpc) is 3.16. The summed E-state index contributed by atoms with van der Waals surface area (Å²) in [5.41, 5.74) is 1.34. The van der Waals surface area contributed by atoms with Crippen LogP contribution in [-0.4, -0.2) is 37.3 Å². The number of benzene rings is 1. The zero-order valence-corrected chi connectivity index (χ0v) is 13.6. The second kappa shape index (κ2) is 6.78. The third-order valence-corrected chi connectivity index (χ3v) is 4.14. The Balaban J connectivity index is 1.78. The fourth-order valence-electron chi connectivity index (χ4n) is 1.95. The molecule has 3 rings (SSSR count). The molecule has 0 amide bonds. The SMILES string of the molecule is CN([11CH3])c1ncc(/C=C/c2nc3ccc(OCCF)cc3o2)s1. The number of ether oxygens (including phenoxy) is 1. The Kier molecular flexibility index (Phi) is 4.57. The van der Waals surface area contributed by atoms with Gasteiger partial charge in [-0.3, -0.25) is 0 Å². The molecule has 0 aliphatic heterocycles. The number of anilines is 1. The molecule has 0 N–H and O–H groups in total. The quantitative estimate of drug-likeness (QED) is 0.686. The van der Waals surface area contributed by atoms with Gasteiger partial charge in [0, 0.05) is 37.3 Å². The Hall–Kier alpha value is -2.41. The highest BCUT2D eigenvalue weighted by molar-refractivity contribution is 7.16. The van der Waals surface area contributed by atoms with Gasteiger partial charge in [-0.05, 0) is 18.2 Å². The number of oxazole rings is 1. The van der Waals surface area contributed by atoms with Crippen molar-refractivity contribution in [2.24, 2.45) is 0 Å². The average molecular weight is 332 g/mol. The lowest BCUT2D eigenvalue weighted by atomic mass is 10.3. The third-order valence-electron chi connectivity index (χ3n) is 3.01. The zero-order chi connectivity index (χ0) is 16.2. The van der Waals surface area contributed by atoms with Crippen molar-refractivity contribution in [3.63, 3.8) is 0 Å². The number of aromatic nitrogens is 2. The van der Waals surface area contributed by atoms with Crippen molar-refractivity contribution < 1.29 is 13.5 Å². The second-order valence-electron chi connectivity index (χ2n) is 4.99. The predicted octanol–water partition coefficient (Wildman–Crippen LogP) is 3.87. The molecule has 1 aromatic carbocycles. The monoisotopic (exact) mass is 332 g/mol. The lowest BCUT2D eigenvalue weighted by molar-refractivity contribution is 0.273. The number of halogens is 1. The van der Waals surface area contributed by atoms with E-state index in [9.17, 15) is 4.39 Å². The normalized spacial score (nSPS) is 11.4. The summed E-state index contributed by atoms with van der Waals surface area (Å²) in [7, 11) is 3.91. The van der Waals surface area contributed by atoms with E-state index in [0.29, 0.717) is 17.2 Å². The largest absolute Gasteiger partial charge is 0.491 e. The van der Waals surface area contributed by atoms with Gasteiger partial charge in [-0.2, -0.15) is 0 Å². The molecule has 0 spiro atoms. The number of nitrogens with zero attached hydrogens (tertiary/aromatic N) is 3. The van der Waals surface area contributed by atoms with Gasteiger partial charge in [-0.1, -0.05) is 11.3 Å². The summed E-state index contributed by atoms with van der Waals surface area (Å²) < 4.78 is 23.0. The van der Waals surface area contributed by atoms with E-state index >= 15 is 0 Å². The second-order valence-corrected chi connectivity index (χ2v) is 6.03. The number of rotatable bonds is 6. The molecule has 7 heteroatoms. The van der Waals surface area contributed by atoms with Crippen LogP contribution in [0.25, 0.3) is 23.3 Å². The van der Waals surface area contributed by atoms with Crippen molar-refractivity contribution in [3.8, 4) is 5.75 Å². The molecule has 0 aliphatic carbocycles. The van der Waals surface area contributed by atoms with E-state index in [1.54, 1.807) is 35.6 Å². The van der Waals surface area contributed by atoms with Gasteiger partial charge in [0.15, 0.2) is 10.7 Å². The molecule has 0 unspecified atom stereocenters. The van der Waals surface area contributed by atoms with Gasteiger partial charge < -0.3 is 14.1 Å². The highest BCUT2D eigenvalue weighted by Crippen LogP contribution is 2.25. The number of alkyl halides is 1. The summed E-state index contributed by atoms with van der Waals surface area (Å²) in [5.74, 6) is 1.07. The summed E-state index contributed by atoms with van der Waals surface area (Å²) >= 11 is 1.58. The molecular weight excluding hydrogens is 316 g/mol. The first-order valence-electron chi connectivity index (χ1n) is 7.06. The summed E-state index contributed by atoms with van der Waals surface area (Å²) in [4.78, 5) is 11.7. The standard InChI is InChI=1S/C16H16FN3O2S/c1-20(2)16-18-10-12(23-16)4-6-15-19-13-5-3-11(21-8-7-17)9-14(13)22-15/h3-6,9-10H,7-8H2,1-2H3/b6-4+/i1-1. The lowest BCUT2D eigenvalue weighted by Gasteiger charge is -2.04. The van der Waals surface area contributed by atoms with Crippen LogP contribution in [0.1, 0.15) is 10.8 Å². The van der Waals surface area contributed by atoms with Gasteiger partial charge in [0.1, 0.15) is 24.5 Å². The smallest absolute Gasteiger partial charge is 0.220 e. The Bertz CT molecular complexity index is 826. The Labute approximate surface area is 137 Å². The molecule has 0 saturated heterocycles. The topological polar surface area (TPSA) is 51.4 Å². The Morgan fingerprint density at radius 1 is 1.35 bits per heavy atom. The summed E-state index contributed by atoms with van der Waals surface area (Å²) in [5, 5.41) is 0.942. The van der Waals surface area contributed by atoms with E-state index in [1.165, 1.54) is 0 Å². The highest BCUT2D eigenvalue weighted by atomic mass is 32.1. The van der Waals surface area contributed by atoms with Crippen LogP contribution in [-0.2, 0) is 0 Å². The molecule has 0 fully saturated rings. The van der Waals surface area contributed by atoms with E-state index in [1.807, 2.05) is 31.3 Å². The first kappa shape index (κ1) is 15.5. The fourth-order valence-corrected chi connectivity index (χ4v) is 2.69. The molecule has 0 atom stereocenters. The van der Waals surface area contributed by atoms with Crippen molar-refractivity contribution in [3.05, 3.63) is 35.2 Å². The van der Waals surface area contributed by atoms with Gasteiger partial charge >= 0.3 is 0 Å². The van der Waals surface area contributed by atoms with Crippen LogP contribution in [0.4, 0.5) is 9.52 Å². The number of fused-ring (bicyclic) bond motifs is 1. The minimum atomic E-state index is -0.522. The summed E-state index contributed by atoms with van der Waals surface area (Å²) in [6.07, 6.45) is 5.52. The lowest BCUT2D eigenvalue weighted by Crippen LogP contribution is -2.07. The molecule has 0 aliphatic rings. The molecule has 0 saturated carbocycles. The molecule has 2 aromatic heterocycles. The molecule has 0 bridgehead atoms. The van der Waals surface area contributed by atoms with Crippen LogP contribution in [0.15, 0.2) is 28.8 Å². The maximum atomic E-state index is 12.1. The number of hydrogen-bond acceptors (Lipinski definition) is 6. The third kappa shape index (κ3) is 3.68. The van der Waals surface area contributed by atoms with Crippen molar-refractivity contribution >= 4 is 39.7 Å². The first-order valence-corrected chi connectivity index (χ1v) is 7.88. The summed E-state index contributed by atoms with van der Waals surface area (Å²) in [6.45, 7) is -0.488. The molecule has 3 aromatic rings. The minimum absolute atomic E-state index is 0.0337. The van der Waals surface area contributed by atoms with Crippen molar-refractivity contribution in [1.82, 2.24) is 9.97 Å². The fraction of sp³-hybridized carbons (Fsp3) is 0.250. The van der Waals surface area contributed by atoms with Crippen molar-refractivity contribution in [1.29, 1.82) is 0 Å². The van der Waals surface area contributed by atoms with Crippen LogP contribution >= 0.6 is 11.3 Å². The Morgan fingerprint density at radius 3 is 2.96 bits per heavy atom.